The molecule has 0 saturated carbocycles. The lowest BCUT2D eigenvalue weighted by Crippen LogP contribution is -2.35. The molecule has 1 spiro atoms. The Morgan fingerprint density at radius 2 is 1.43 bits per heavy atom. The van der Waals surface area contributed by atoms with Gasteiger partial charge in [0.2, 0.25) is 0 Å². The highest BCUT2D eigenvalue weighted by Gasteiger charge is 2.50. The Morgan fingerprint density at radius 1 is 0.811 bits per heavy atom. The average molecular weight is 475 g/mol. The zero-order chi connectivity index (χ0) is 25.4. The van der Waals surface area contributed by atoms with Crippen molar-refractivity contribution >= 4 is 5.57 Å². The monoisotopic (exact) mass is 474 g/mol. The molecule has 178 valence electrons. The van der Waals surface area contributed by atoms with Gasteiger partial charge in [-0.3, -0.25) is 0 Å². The van der Waals surface area contributed by atoms with Gasteiger partial charge in [-0.2, -0.15) is 0 Å². The molecule has 0 heteroatoms. The maximum atomic E-state index is 5.46. The summed E-state index contributed by atoms with van der Waals surface area (Å²) < 4.78 is 0. The van der Waals surface area contributed by atoms with Crippen molar-refractivity contribution in [1.82, 2.24) is 0 Å². The van der Waals surface area contributed by atoms with Crippen LogP contribution < -0.4 is 0 Å². The maximum absolute atomic E-state index is 5.46. The van der Waals surface area contributed by atoms with Crippen molar-refractivity contribution in [3.63, 3.8) is 0 Å². The Morgan fingerprint density at radius 3 is 2.11 bits per heavy atom. The van der Waals surface area contributed by atoms with Crippen molar-refractivity contribution in [2.24, 2.45) is 0 Å². The van der Waals surface area contributed by atoms with Gasteiger partial charge in [-0.15, -0.1) is 6.42 Å². The summed E-state index contributed by atoms with van der Waals surface area (Å²) in [5.74, 6) is 2.61. The fourth-order valence-electron chi connectivity index (χ4n) is 6.50. The lowest BCUT2D eigenvalue weighted by Gasteiger charge is -2.41. The summed E-state index contributed by atoms with van der Waals surface area (Å²) in [5, 5.41) is 0. The molecule has 4 aromatic rings. The van der Waals surface area contributed by atoms with Crippen LogP contribution in [0.2, 0.25) is 0 Å². The van der Waals surface area contributed by atoms with Crippen molar-refractivity contribution in [1.29, 1.82) is 0 Å². The van der Waals surface area contributed by atoms with Crippen molar-refractivity contribution in [2.75, 3.05) is 0 Å². The molecule has 2 aliphatic carbocycles. The van der Waals surface area contributed by atoms with Crippen LogP contribution >= 0.6 is 0 Å². The molecule has 0 radical (unpaired) electrons. The van der Waals surface area contributed by atoms with Crippen molar-refractivity contribution in [2.45, 2.75) is 32.1 Å². The molecule has 0 fully saturated rings. The zero-order valence-corrected chi connectivity index (χ0v) is 21.5. The lowest BCUT2D eigenvalue weighted by molar-refractivity contribution is 0.720. The van der Waals surface area contributed by atoms with Crippen LogP contribution in [-0.2, 0) is 11.8 Å². The van der Waals surface area contributed by atoms with Gasteiger partial charge >= 0.3 is 0 Å². The van der Waals surface area contributed by atoms with Gasteiger partial charge in [-0.05, 0) is 94.0 Å². The second kappa shape index (κ2) is 9.27. The summed E-state index contributed by atoms with van der Waals surface area (Å²) in [7, 11) is 0. The molecule has 0 amide bonds. The van der Waals surface area contributed by atoms with Crippen molar-refractivity contribution in [3.8, 4) is 23.5 Å². The summed E-state index contributed by atoms with van der Waals surface area (Å²) in [6.45, 7) is 4.33. The van der Waals surface area contributed by atoms with Gasteiger partial charge in [0.25, 0.3) is 0 Å². The second-order valence-electron chi connectivity index (χ2n) is 9.97. The molecule has 0 nitrogen and oxygen atoms in total. The molecular weight excluding hydrogens is 444 g/mol. The van der Waals surface area contributed by atoms with Crippen LogP contribution in [0.15, 0.2) is 121 Å². The fraction of sp³-hybridized carbons (Fsp3) is 0.135. The Hall–Kier alpha value is -4.34. The third-order valence-corrected chi connectivity index (χ3v) is 8.12. The highest BCUT2D eigenvalue weighted by molar-refractivity contribution is 5.92. The zero-order valence-electron chi connectivity index (χ0n) is 21.5. The molecule has 0 heterocycles. The minimum atomic E-state index is -0.337. The molecule has 0 N–H and O–H groups in total. The van der Waals surface area contributed by atoms with E-state index in [1.54, 1.807) is 6.08 Å². The van der Waals surface area contributed by atoms with E-state index in [4.69, 9.17) is 6.42 Å². The van der Waals surface area contributed by atoms with Gasteiger partial charge in [0.15, 0.2) is 0 Å². The molecule has 4 aromatic carbocycles. The van der Waals surface area contributed by atoms with Gasteiger partial charge in [0.1, 0.15) is 0 Å². The average Bonchev–Trinajstić information content (AvgIpc) is 3.24. The van der Waals surface area contributed by atoms with Crippen LogP contribution in [0.4, 0.5) is 0 Å². The SMILES string of the molecule is C#C/C=C\C(=C/C)C/C=C(\C)c1cccc2c1C1(c3ccccc3Cc3ccccc31)c1ccccc1-2. The summed E-state index contributed by atoms with van der Waals surface area (Å²) in [5.41, 5.74) is 14.6. The molecule has 0 aliphatic heterocycles. The molecule has 6 rings (SSSR count). The predicted octanol–water partition coefficient (Wildman–Crippen LogP) is 8.88. The van der Waals surface area contributed by atoms with Crippen LogP contribution in [-0.4, -0.2) is 0 Å². The molecule has 0 bridgehead atoms. The molecule has 0 saturated heterocycles. The lowest BCUT2D eigenvalue weighted by atomic mass is 9.60. The first-order chi connectivity index (χ1) is 18.2. The third-order valence-electron chi connectivity index (χ3n) is 8.12. The molecular formula is C37H30. The Kier molecular flexibility index (Phi) is 5.78. The number of hydrogen-bond donors (Lipinski definition) is 0. The standard InChI is InChI=1S/C37H30/c1-4-6-14-27(5-2)24-23-26(3)30-18-13-19-32-31-17-9-12-22-35(31)37(36(30)32)33-20-10-7-15-28(33)25-29-16-8-11-21-34(29)37/h1,5-23H,24-25H2,2-3H3/b14-6-,26-23+,27-5+. The van der Waals surface area contributed by atoms with Crippen LogP contribution in [0.3, 0.4) is 0 Å². The number of allylic oxidation sites excluding steroid dienone is 6. The molecule has 0 atom stereocenters. The van der Waals surface area contributed by atoms with E-state index in [-0.39, 0.29) is 5.41 Å². The van der Waals surface area contributed by atoms with Crippen LogP contribution in [0, 0.1) is 12.3 Å². The maximum Gasteiger partial charge on any atom is 0.0724 e. The number of rotatable bonds is 4. The first-order valence-corrected chi connectivity index (χ1v) is 13.0. The quantitative estimate of drug-likeness (QED) is 0.177. The van der Waals surface area contributed by atoms with Crippen LogP contribution in [0.5, 0.6) is 0 Å². The second-order valence-corrected chi connectivity index (χ2v) is 9.97. The summed E-state index contributed by atoms with van der Waals surface area (Å²) >= 11 is 0. The van der Waals surface area contributed by atoms with Crippen LogP contribution in [0.1, 0.15) is 59.2 Å². The van der Waals surface area contributed by atoms with Gasteiger partial charge < -0.3 is 0 Å². The Balaban J connectivity index is 1.66. The van der Waals surface area contributed by atoms with E-state index in [1.165, 1.54) is 61.2 Å². The van der Waals surface area contributed by atoms with Crippen LogP contribution in [0.25, 0.3) is 16.7 Å². The minimum absolute atomic E-state index is 0.337. The highest BCUT2D eigenvalue weighted by Crippen LogP contribution is 2.60. The van der Waals surface area contributed by atoms with Gasteiger partial charge in [0.05, 0.1) is 5.41 Å². The van der Waals surface area contributed by atoms with Gasteiger partial charge in [0, 0.05) is 0 Å². The molecule has 0 unspecified atom stereocenters. The summed E-state index contributed by atoms with van der Waals surface area (Å²) in [4.78, 5) is 0. The minimum Gasteiger partial charge on any atom is -0.115 e. The van der Waals surface area contributed by atoms with E-state index in [1.807, 2.05) is 6.08 Å². The third kappa shape index (κ3) is 3.46. The summed E-state index contributed by atoms with van der Waals surface area (Å²) in [6.07, 6.45) is 15.6. The van der Waals surface area contributed by atoms with E-state index < -0.39 is 0 Å². The van der Waals surface area contributed by atoms with E-state index in [0.717, 1.165) is 12.8 Å². The first-order valence-electron chi connectivity index (χ1n) is 13.0. The number of hydrogen-bond acceptors (Lipinski definition) is 0. The Labute approximate surface area is 220 Å². The van der Waals surface area contributed by atoms with E-state index >= 15 is 0 Å². The first kappa shape index (κ1) is 23.1. The van der Waals surface area contributed by atoms with E-state index in [2.05, 4.69) is 123 Å². The molecule has 2 aliphatic rings. The van der Waals surface area contributed by atoms with E-state index in [9.17, 15) is 0 Å². The predicted molar refractivity (Wildman–Crippen MR) is 157 cm³/mol. The van der Waals surface area contributed by atoms with E-state index in [0.29, 0.717) is 0 Å². The number of terminal acetylenes is 1. The largest absolute Gasteiger partial charge is 0.115 e. The molecule has 37 heavy (non-hydrogen) atoms. The summed E-state index contributed by atoms with van der Waals surface area (Å²) in [6, 6.07) is 34.0. The normalized spacial score (nSPS) is 15.2. The number of benzene rings is 4. The number of fused-ring (bicyclic) bond motifs is 9. The topological polar surface area (TPSA) is 0 Å². The Bertz CT molecular complexity index is 1600. The van der Waals surface area contributed by atoms with Crippen molar-refractivity contribution < 1.29 is 0 Å². The van der Waals surface area contributed by atoms with Gasteiger partial charge in [-0.25, -0.2) is 0 Å². The molecule has 0 aromatic heterocycles. The van der Waals surface area contributed by atoms with Crippen molar-refractivity contribution in [3.05, 3.63) is 160 Å². The van der Waals surface area contributed by atoms with Gasteiger partial charge in [-0.1, -0.05) is 115 Å². The fourth-order valence-corrected chi connectivity index (χ4v) is 6.50. The highest BCUT2D eigenvalue weighted by atomic mass is 14.5. The smallest absolute Gasteiger partial charge is 0.0724 e.